The Kier molecular flexibility index (Phi) is 5.02. The molecule has 0 fully saturated rings. The Hall–Kier alpha value is -0.680. The number of hydrogen-bond donors (Lipinski definition) is 1. The zero-order valence-electron chi connectivity index (χ0n) is 10.1. The van der Waals surface area contributed by atoms with Crippen LogP contribution >= 0.6 is 39.1 Å². The average molecular weight is 381 g/mol. The molecule has 0 aliphatic carbocycles. The summed E-state index contributed by atoms with van der Waals surface area (Å²) >= 11 is 15.0. The molecule has 0 spiro atoms. The van der Waals surface area contributed by atoms with Crippen LogP contribution in [0.25, 0.3) is 0 Å². The van der Waals surface area contributed by atoms with E-state index in [4.69, 9.17) is 28.9 Å². The largest absolute Gasteiger partial charge is 0.324 e. The fraction of sp³-hybridized carbons (Fsp3) is 0.143. The minimum Gasteiger partial charge on any atom is -0.324 e. The molecule has 0 amide bonds. The summed E-state index contributed by atoms with van der Waals surface area (Å²) in [7, 11) is 0. The predicted octanol–water partition coefficient (Wildman–Crippen LogP) is 5.28. The summed E-state index contributed by atoms with van der Waals surface area (Å²) in [4.78, 5) is 0. The van der Waals surface area contributed by atoms with E-state index in [0.29, 0.717) is 22.0 Å². The number of benzene rings is 2. The summed E-state index contributed by atoms with van der Waals surface area (Å²) in [5, 5.41) is 0.851. The Morgan fingerprint density at radius 1 is 1.15 bits per heavy atom. The molecule has 0 heterocycles. The molecule has 2 N–H and O–H groups in total. The van der Waals surface area contributed by atoms with E-state index >= 15 is 0 Å². The van der Waals surface area contributed by atoms with E-state index in [9.17, 15) is 8.78 Å². The fourth-order valence-corrected chi connectivity index (χ4v) is 2.89. The van der Waals surface area contributed by atoms with Crippen molar-refractivity contribution in [3.05, 3.63) is 67.6 Å². The van der Waals surface area contributed by atoms with Crippen LogP contribution in [0.4, 0.5) is 8.78 Å². The van der Waals surface area contributed by atoms with Crippen molar-refractivity contribution in [2.75, 3.05) is 0 Å². The zero-order chi connectivity index (χ0) is 14.9. The summed E-state index contributed by atoms with van der Waals surface area (Å²) in [5.74, 6) is -1.87. The van der Waals surface area contributed by atoms with Crippen molar-refractivity contribution >= 4 is 39.1 Å². The molecule has 2 rings (SSSR count). The highest BCUT2D eigenvalue weighted by molar-refractivity contribution is 9.10. The molecule has 6 heteroatoms. The number of halogens is 5. The van der Waals surface area contributed by atoms with Gasteiger partial charge < -0.3 is 5.73 Å². The molecule has 0 saturated heterocycles. The maximum Gasteiger partial charge on any atom is 0.173 e. The SMILES string of the molecule is NC(Cc1cccc(Cl)c1Cl)c1ccc(F)c(F)c1Br. The zero-order valence-corrected chi connectivity index (χ0v) is 13.2. The van der Waals surface area contributed by atoms with E-state index in [1.54, 1.807) is 18.2 Å². The molecule has 20 heavy (non-hydrogen) atoms. The van der Waals surface area contributed by atoms with E-state index in [1.165, 1.54) is 6.07 Å². The summed E-state index contributed by atoms with van der Waals surface area (Å²) in [5.41, 5.74) is 7.27. The van der Waals surface area contributed by atoms with Crippen LogP contribution < -0.4 is 5.73 Å². The van der Waals surface area contributed by atoms with Gasteiger partial charge in [-0.05, 0) is 45.6 Å². The molecule has 2 aromatic rings. The van der Waals surface area contributed by atoms with Crippen molar-refractivity contribution in [1.29, 1.82) is 0 Å². The first-order valence-corrected chi connectivity index (χ1v) is 7.28. The van der Waals surface area contributed by atoms with Gasteiger partial charge in [-0.3, -0.25) is 0 Å². The Morgan fingerprint density at radius 2 is 1.85 bits per heavy atom. The van der Waals surface area contributed by atoms with Crippen LogP contribution in [0.2, 0.25) is 10.0 Å². The van der Waals surface area contributed by atoms with Crippen LogP contribution in [-0.4, -0.2) is 0 Å². The Bertz CT molecular complexity index is 649. The molecule has 0 aromatic heterocycles. The molecule has 0 aliphatic rings. The second-order valence-corrected chi connectivity index (χ2v) is 5.87. The quantitative estimate of drug-likeness (QED) is 0.720. The summed E-state index contributed by atoms with van der Waals surface area (Å²) in [6, 6.07) is 7.20. The molecular formula is C14H10BrCl2F2N. The van der Waals surface area contributed by atoms with Crippen molar-refractivity contribution < 1.29 is 8.78 Å². The summed E-state index contributed by atoms with van der Waals surface area (Å²) < 4.78 is 26.6. The van der Waals surface area contributed by atoms with E-state index in [1.807, 2.05) is 0 Å². The minimum atomic E-state index is -0.949. The maximum atomic E-state index is 13.5. The predicted molar refractivity (Wildman–Crippen MR) is 81.2 cm³/mol. The van der Waals surface area contributed by atoms with Crippen molar-refractivity contribution in [2.24, 2.45) is 5.73 Å². The highest BCUT2D eigenvalue weighted by Gasteiger charge is 2.18. The van der Waals surface area contributed by atoms with Gasteiger partial charge in [0.2, 0.25) is 0 Å². The van der Waals surface area contributed by atoms with E-state index in [2.05, 4.69) is 15.9 Å². The highest BCUT2D eigenvalue weighted by atomic mass is 79.9. The van der Waals surface area contributed by atoms with Gasteiger partial charge in [-0.25, -0.2) is 8.78 Å². The normalized spacial score (nSPS) is 12.5. The fourth-order valence-electron chi connectivity index (χ4n) is 1.88. The summed E-state index contributed by atoms with van der Waals surface area (Å²) in [6.07, 6.45) is 0.364. The van der Waals surface area contributed by atoms with Crippen LogP contribution in [0, 0.1) is 11.6 Å². The van der Waals surface area contributed by atoms with Gasteiger partial charge in [0.1, 0.15) is 0 Å². The van der Waals surface area contributed by atoms with E-state index < -0.39 is 17.7 Å². The second-order valence-electron chi connectivity index (χ2n) is 4.29. The topological polar surface area (TPSA) is 26.0 Å². The third kappa shape index (κ3) is 3.14. The van der Waals surface area contributed by atoms with Gasteiger partial charge >= 0.3 is 0 Å². The van der Waals surface area contributed by atoms with Gasteiger partial charge in [-0.1, -0.05) is 41.4 Å². The van der Waals surface area contributed by atoms with Crippen LogP contribution in [0.15, 0.2) is 34.8 Å². The molecule has 0 radical (unpaired) electrons. The first kappa shape index (κ1) is 15.7. The van der Waals surface area contributed by atoms with Gasteiger partial charge in [0.15, 0.2) is 11.6 Å². The van der Waals surface area contributed by atoms with Crippen LogP contribution in [0.1, 0.15) is 17.2 Å². The molecule has 0 aliphatic heterocycles. The molecule has 0 bridgehead atoms. The van der Waals surface area contributed by atoms with Crippen LogP contribution in [-0.2, 0) is 6.42 Å². The Balaban J connectivity index is 2.31. The lowest BCUT2D eigenvalue weighted by atomic mass is 9.99. The van der Waals surface area contributed by atoms with Gasteiger partial charge in [-0.15, -0.1) is 0 Å². The highest BCUT2D eigenvalue weighted by Crippen LogP contribution is 2.32. The smallest absolute Gasteiger partial charge is 0.173 e. The lowest BCUT2D eigenvalue weighted by molar-refractivity contribution is 0.500. The molecule has 0 saturated carbocycles. The number of rotatable bonds is 3. The van der Waals surface area contributed by atoms with Gasteiger partial charge in [0, 0.05) is 6.04 Å². The molecule has 2 aromatic carbocycles. The van der Waals surface area contributed by atoms with Crippen molar-refractivity contribution in [2.45, 2.75) is 12.5 Å². The van der Waals surface area contributed by atoms with Gasteiger partial charge in [0.25, 0.3) is 0 Å². The monoisotopic (exact) mass is 379 g/mol. The van der Waals surface area contributed by atoms with E-state index in [-0.39, 0.29) is 4.47 Å². The van der Waals surface area contributed by atoms with Crippen LogP contribution in [0.3, 0.4) is 0 Å². The Labute approximate surface area is 133 Å². The first-order valence-electron chi connectivity index (χ1n) is 5.73. The molecular weight excluding hydrogens is 371 g/mol. The van der Waals surface area contributed by atoms with E-state index in [0.717, 1.165) is 11.6 Å². The second kappa shape index (κ2) is 6.39. The molecule has 1 unspecified atom stereocenters. The standard InChI is InChI=1S/C14H10BrCl2F2N/c15-12-8(4-5-10(18)14(12)19)11(20)6-7-2-1-3-9(16)13(7)17/h1-5,11H,6,20H2. The summed E-state index contributed by atoms with van der Waals surface area (Å²) in [6.45, 7) is 0. The average Bonchev–Trinajstić information content (AvgIpc) is 2.41. The third-order valence-electron chi connectivity index (χ3n) is 2.94. The first-order chi connectivity index (χ1) is 9.41. The lowest BCUT2D eigenvalue weighted by Gasteiger charge is -2.16. The van der Waals surface area contributed by atoms with Crippen molar-refractivity contribution in [3.8, 4) is 0 Å². The molecule has 106 valence electrons. The minimum absolute atomic E-state index is 0.0307. The van der Waals surface area contributed by atoms with Crippen molar-refractivity contribution in [3.63, 3.8) is 0 Å². The van der Waals surface area contributed by atoms with Crippen molar-refractivity contribution in [1.82, 2.24) is 0 Å². The lowest BCUT2D eigenvalue weighted by Crippen LogP contribution is -2.15. The number of nitrogens with two attached hydrogens (primary N) is 1. The maximum absolute atomic E-state index is 13.5. The van der Waals surface area contributed by atoms with Crippen LogP contribution in [0.5, 0.6) is 0 Å². The third-order valence-corrected chi connectivity index (χ3v) is 4.60. The number of hydrogen-bond acceptors (Lipinski definition) is 1. The molecule has 1 nitrogen and oxygen atoms in total. The molecule has 1 atom stereocenters. The van der Waals surface area contributed by atoms with Gasteiger partial charge in [0.05, 0.1) is 14.5 Å². The Morgan fingerprint density at radius 3 is 2.55 bits per heavy atom. The van der Waals surface area contributed by atoms with Gasteiger partial charge in [-0.2, -0.15) is 0 Å².